The summed E-state index contributed by atoms with van der Waals surface area (Å²) in [5, 5.41) is 0. The number of hydrogen-bond donors (Lipinski definition) is 1. The quantitative estimate of drug-likeness (QED) is 0.573. The van der Waals surface area contributed by atoms with Crippen molar-refractivity contribution in [1.29, 1.82) is 0 Å². The Morgan fingerprint density at radius 2 is 1.38 bits per heavy atom. The number of hydrogen-bond acceptors (Lipinski definition) is 3. The fourth-order valence-electron chi connectivity index (χ4n) is 1.75. The third-order valence-corrected chi connectivity index (χ3v) is 2.57. The first-order valence-corrected chi connectivity index (χ1v) is 5.11. The number of para-hydroxylation sites is 3. The second kappa shape index (κ2) is 3.49. The van der Waals surface area contributed by atoms with Crippen molar-refractivity contribution in [3.8, 4) is 11.5 Å². The van der Waals surface area contributed by atoms with Gasteiger partial charge in [-0.25, -0.2) is 0 Å². The molecule has 4 heteroatoms. The maximum atomic E-state index is 5.88. The van der Waals surface area contributed by atoms with Gasteiger partial charge in [-0.3, -0.25) is 0 Å². The number of fused-ring (bicyclic) bond motifs is 1. The van der Waals surface area contributed by atoms with Crippen LogP contribution in [0.1, 0.15) is 0 Å². The molecular weight excluding hydrogens is 201 g/mol. The van der Waals surface area contributed by atoms with Crippen LogP contribution in [0.5, 0.6) is 11.5 Å². The van der Waals surface area contributed by atoms with Crippen LogP contribution in [0.15, 0.2) is 48.5 Å². The molecule has 0 atom stereocenters. The van der Waals surface area contributed by atoms with E-state index in [1.54, 1.807) is 0 Å². The normalized spacial score (nSPS) is 12.9. The van der Waals surface area contributed by atoms with Crippen LogP contribution >= 0.6 is 0 Å². The average Bonchev–Trinajstić information content (AvgIpc) is 2.73. The zero-order valence-corrected chi connectivity index (χ0v) is 8.59. The topological polar surface area (TPSA) is 44.5 Å². The molecule has 78 valence electrons. The molecule has 1 aliphatic rings. The summed E-state index contributed by atoms with van der Waals surface area (Å²) >= 11 is 0. The molecule has 1 heterocycles. The minimum Gasteiger partial charge on any atom is -0.519 e. The Labute approximate surface area is 93.9 Å². The van der Waals surface area contributed by atoms with Crippen molar-refractivity contribution in [2.45, 2.75) is 0 Å². The smallest absolute Gasteiger partial charge is 0.519 e. The predicted octanol–water partition coefficient (Wildman–Crippen LogP) is 1.44. The van der Waals surface area contributed by atoms with Gasteiger partial charge in [-0.15, -0.1) is 0 Å². The highest BCUT2D eigenvalue weighted by Crippen LogP contribution is 2.32. The van der Waals surface area contributed by atoms with Crippen LogP contribution in [0.2, 0.25) is 0 Å². The van der Waals surface area contributed by atoms with Gasteiger partial charge in [0.2, 0.25) is 0 Å². The molecule has 2 aromatic carbocycles. The monoisotopic (exact) mass is 211 g/mol. The summed E-state index contributed by atoms with van der Waals surface area (Å²) < 4.78 is 11.3. The lowest BCUT2D eigenvalue weighted by Gasteiger charge is -2.07. The van der Waals surface area contributed by atoms with E-state index in [0.717, 1.165) is 17.0 Å². The van der Waals surface area contributed by atoms with Crippen LogP contribution in [-0.2, 0) is 0 Å². The second-order valence-corrected chi connectivity index (χ2v) is 3.64. The van der Waals surface area contributed by atoms with Gasteiger partial charge >= 0.3 is 7.12 Å². The summed E-state index contributed by atoms with van der Waals surface area (Å²) in [7, 11) is -0.432. The molecule has 0 aliphatic carbocycles. The molecule has 0 bridgehead atoms. The number of benzene rings is 2. The van der Waals surface area contributed by atoms with Crippen molar-refractivity contribution in [2.24, 2.45) is 0 Å². The van der Waals surface area contributed by atoms with Crippen molar-refractivity contribution in [1.82, 2.24) is 0 Å². The van der Waals surface area contributed by atoms with Gasteiger partial charge in [-0.05, 0) is 18.2 Å². The highest BCUT2D eigenvalue weighted by atomic mass is 16.6. The van der Waals surface area contributed by atoms with Crippen LogP contribution in [-0.4, -0.2) is 7.12 Å². The van der Waals surface area contributed by atoms with Crippen molar-refractivity contribution >= 4 is 18.3 Å². The van der Waals surface area contributed by atoms with Gasteiger partial charge in [-0.1, -0.05) is 30.3 Å². The Bertz CT molecular complexity index is 505. The van der Waals surface area contributed by atoms with E-state index >= 15 is 0 Å². The zero-order valence-electron chi connectivity index (χ0n) is 8.59. The zero-order chi connectivity index (χ0) is 11.0. The number of nitrogens with two attached hydrogens (primary N) is 1. The Morgan fingerprint density at radius 3 is 2.00 bits per heavy atom. The van der Waals surface area contributed by atoms with E-state index in [9.17, 15) is 0 Å². The van der Waals surface area contributed by atoms with Gasteiger partial charge in [0.15, 0.2) is 0 Å². The highest BCUT2D eigenvalue weighted by molar-refractivity contribution is 6.65. The third-order valence-electron chi connectivity index (χ3n) is 2.57. The van der Waals surface area contributed by atoms with Crippen LogP contribution in [0.3, 0.4) is 0 Å². The lowest BCUT2D eigenvalue weighted by Crippen LogP contribution is -2.40. The van der Waals surface area contributed by atoms with Crippen LogP contribution in [0.25, 0.3) is 0 Å². The van der Waals surface area contributed by atoms with Crippen LogP contribution in [0, 0.1) is 0 Å². The van der Waals surface area contributed by atoms with E-state index in [1.165, 1.54) is 0 Å². The minimum atomic E-state index is -0.432. The molecular formula is C12H10BNO2. The molecule has 0 unspecified atom stereocenters. The van der Waals surface area contributed by atoms with Crippen molar-refractivity contribution < 1.29 is 9.31 Å². The summed E-state index contributed by atoms with van der Waals surface area (Å²) in [4.78, 5) is 0. The van der Waals surface area contributed by atoms with Gasteiger partial charge in [-0.2, -0.15) is 0 Å². The molecule has 0 fully saturated rings. The molecule has 0 aromatic heterocycles. The predicted molar refractivity (Wildman–Crippen MR) is 63.9 cm³/mol. The Balaban J connectivity index is 1.95. The van der Waals surface area contributed by atoms with E-state index in [2.05, 4.69) is 0 Å². The molecule has 3 nitrogen and oxygen atoms in total. The van der Waals surface area contributed by atoms with Crippen molar-refractivity contribution in [2.75, 3.05) is 5.73 Å². The first-order valence-electron chi connectivity index (χ1n) is 5.11. The van der Waals surface area contributed by atoms with Gasteiger partial charge < -0.3 is 15.0 Å². The summed E-state index contributed by atoms with van der Waals surface area (Å²) in [6, 6.07) is 15.2. The lowest BCUT2D eigenvalue weighted by molar-refractivity contribution is 0.519. The van der Waals surface area contributed by atoms with E-state index in [-0.39, 0.29) is 0 Å². The van der Waals surface area contributed by atoms with Gasteiger partial charge in [0.25, 0.3) is 0 Å². The van der Waals surface area contributed by atoms with E-state index in [1.807, 2.05) is 48.5 Å². The van der Waals surface area contributed by atoms with Gasteiger partial charge in [0, 0.05) is 11.2 Å². The van der Waals surface area contributed by atoms with E-state index < -0.39 is 7.12 Å². The molecule has 0 radical (unpaired) electrons. The molecule has 2 N–H and O–H groups in total. The maximum absolute atomic E-state index is 5.88. The SMILES string of the molecule is Nc1ccccc1B1Oc2ccccc2O1. The molecule has 0 amide bonds. The lowest BCUT2D eigenvalue weighted by atomic mass is 9.78. The highest BCUT2D eigenvalue weighted by Gasteiger charge is 2.34. The maximum Gasteiger partial charge on any atom is 0.634 e. The number of rotatable bonds is 1. The summed E-state index contributed by atoms with van der Waals surface area (Å²) in [5.41, 5.74) is 7.42. The second-order valence-electron chi connectivity index (χ2n) is 3.64. The molecule has 1 aliphatic heterocycles. The Kier molecular flexibility index (Phi) is 1.99. The standard InChI is InChI=1S/C12H10BNO2/c14-10-6-2-1-5-9(10)13-15-11-7-3-4-8-12(11)16-13/h1-8H,14H2. The molecule has 2 aromatic rings. The van der Waals surface area contributed by atoms with Gasteiger partial charge in [0.1, 0.15) is 11.5 Å². The average molecular weight is 211 g/mol. The van der Waals surface area contributed by atoms with Crippen molar-refractivity contribution in [3.63, 3.8) is 0 Å². The summed E-state index contributed by atoms with van der Waals surface area (Å²) in [6.07, 6.45) is 0. The fraction of sp³-hybridized carbons (Fsp3) is 0. The number of anilines is 1. The third kappa shape index (κ3) is 1.39. The first-order chi connectivity index (χ1) is 7.84. The molecule has 0 spiro atoms. The van der Waals surface area contributed by atoms with E-state index in [0.29, 0.717) is 5.69 Å². The molecule has 0 saturated carbocycles. The molecule has 0 saturated heterocycles. The van der Waals surface area contributed by atoms with Crippen LogP contribution < -0.4 is 20.5 Å². The minimum absolute atomic E-state index is 0.432. The largest absolute Gasteiger partial charge is 0.634 e. The summed E-state index contributed by atoms with van der Waals surface area (Å²) in [6.45, 7) is 0. The Hall–Kier alpha value is -2.10. The van der Waals surface area contributed by atoms with Crippen LogP contribution in [0.4, 0.5) is 5.69 Å². The van der Waals surface area contributed by atoms with Gasteiger partial charge in [0.05, 0.1) is 0 Å². The Morgan fingerprint density at radius 1 is 0.812 bits per heavy atom. The van der Waals surface area contributed by atoms with Crippen molar-refractivity contribution in [3.05, 3.63) is 48.5 Å². The first kappa shape index (κ1) is 9.15. The number of nitrogen functional groups attached to an aromatic ring is 1. The fourth-order valence-corrected chi connectivity index (χ4v) is 1.75. The molecule has 3 rings (SSSR count). The summed E-state index contributed by atoms with van der Waals surface area (Å²) in [5.74, 6) is 1.52. The van der Waals surface area contributed by atoms with E-state index in [4.69, 9.17) is 15.0 Å². The molecule has 16 heavy (non-hydrogen) atoms.